The largest absolute Gasteiger partial charge is 0.388 e. The maximum Gasteiger partial charge on any atom is 0.154 e. The van der Waals surface area contributed by atoms with Gasteiger partial charge in [-0.05, 0) is 54.5 Å². The first-order valence-corrected chi connectivity index (χ1v) is 13.8. The summed E-state index contributed by atoms with van der Waals surface area (Å²) in [6.45, 7) is 10.0. The fourth-order valence-corrected chi connectivity index (χ4v) is 4.44. The van der Waals surface area contributed by atoms with Crippen molar-refractivity contribution in [1.82, 2.24) is 30.4 Å². The topological polar surface area (TPSA) is 121 Å². The van der Waals surface area contributed by atoms with Gasteiger partial charge in [0.1, 0.15) is 5.82 Å². The van der Waals surface area contributed by atoms with Crippen LogP contribution in [0.4, 0.5) is 11.6 Å². The molecule has 206 valence electrons. The zero-order chi connectivity index (χ0) is 27.0. The maximum absolute atomic E-state index is 8.03. The molecule has 0 amide bonds. The second-order valence-electron chi connectivity index (χ2n) is 10.6. The molecule has 0 aromatic carbocycles. The molecule has 1 aliphatic carbocycles. The van der Waals surface area contributed by atoms with Crippen molar-refractivity contribution in [2.75, 3.05) is 51.3 Å². The van der Waals surface area contributed by atoms with Crippen LogP contribution >= 0.6 is 0 Å². The fraction of sp³-hybridized carbons (Fsp3) is 0.483. The Hall–Kier alpha value is -3.47. The van der Waals surface area contributed by atoms with Gasteiger partial charge >= 0.3 is 0 Å². The highest BCUT2D eigenvalue weighted by Crippen LogP contribution is 2.29. The van der Waals surface area contributed by atoms with Crippen molar-refractivity contribution in [3.63, 3.8) is 0 Å². The minimum atomic E-state index is 0.0780. The van der Waals surface area contributed by atoms with Gasteiger partial charge in [0, 0.05) is 62.5 Å². The lowest BCUT2D eigenvalue weighted by Crippen LogP contribution is -2.44. The lowest BCUT2D eigenvalue weighted by atomic mass is 10.1. The minimum absolute atomic E-state index is 0.0780. The number of fused-ring (bicyclic) bond motifs is 1. The summed E-state index contributed by atoms with van der Waals surface area (Å²) in [5.74, 6) is 2.38. The molecule has 1 saturated carbocycles. The lowest BCUT2D eigenvalue weighted by molar-refractivity contribution is -0.0132. The van der Waals surface area contributed by atoms with E-state index in [0.29, 0.717) is 30.0 Å². The minimum Gasteiger partial charge on any atom is -0.388 e. The van der Waals surface area contributed by atoms with Gasteiger partial charge in [0.25, 0.3) is 0 Å². The van der Waals surface area contributed by atoms with Crippen molar-refractivity contribution in [3.8, 4) is 0 Å². The molecule has 3 aromatic heterocycles. The predicted molar refractivity (Wildman–Crippen MR) is 153 cm³/mol. The van der Waals surface area contributed by atoms with Gasteiger partial charge in [-0.15, -0.1) is 5.10 Å². The number of nitrogens with zero attached hydrogens (tertiary/aromatic N) is 5. The Morgan fingerprint density at radius 3 is 2.77 bits per heavy atom. The Morgan fingerprint density at radius 1 is 1.15 bits per heavy atom. The fourth-order valence-electron chi connectivity index (χ4n) is 4.44. The van der Waals surface area contributed by atoms with Crippen LogP contribution in [-0.4, -0.2) is 83.4 Å². The first-order chi connectivity index (χ1) is 19.1. The average molecular weight is 531 g/mol. The first-order valence-electron chi connectivity index (χ1n) is 13.8. The van der Waals surface area contributed by atoms with E-state index in [9.17, 15) is 0 Å². The quantitative estimate of drug-likeness (QED) is 0.282. The highest BCUT2D eigenvalue weighted by atomic mass is 16.5. The van der Waals surface area contributed by atoms with Crippen molar-refractivity contribution >= 4 is 34.5 Å². The molecule has 1 saturated heterocycles. The van der Waals surface area contributed by atoms with E-state index in [0.717, 1.165) is 67.2 Å². The molecule has 1 aliphatic heterocycles. The molecule has 3 N–H and O–H groups in total. The van der Waals surface area contributed by atoms with Gasteiger partial charge in [0.15, 0.2) is 5.82 Å². The van der Waals surface area contributed by atoms with E-state index in [4.69, 9.17) is 19.9 Å². The van der Waals surface area contributed by atoms with E-state index in [2.05, 4.69) is 44.6 Å². The van der Waals surface area contributed by atoms with Crippen LogP contribution in [0.2, 0.25) is 0 Å². The van der Waals surface area contributed by atoms with Gasteiger partial charge in [-0.3, -0.25) is 9.88 Å². The summed E-state index contributed by atoms with van der Waals surface area (Å²) in [4.78, 5) is 11.7. The summed E-state index contributed by atoms with van der Waals surface area (Å²) < 4.78 is 11.8. The molecule has 2 aliphatic rings. The average Bonchev–Trinajstić information content (AvgIpc) is 3.79. The number of pyridine rings is 2. The molecule has 10 heteroatoms. The molecule has 0 bridgehead atoms. The summed E-state index contributed by atoms with van der Waals surface area (Å²) in [7, 11) is 0. The van der Waals surface area contributed by atoms with Crippen LogP contribution in [0.15, 0.2) is 42.9 Å². The second-order valence-corrected chi connectivity index (χ2v) is 10.6. The Kier molecular flexibility index (Phi) is 9.08. The van der Waals surface area contributed by atoms with Crippen LogP contribution in [0.3, 0.4) is 0 Å². The summed E-state index contributed by atoms with van der Waals surface area (Å²) in [6, 6.07) is 7.75. The Labute approximate surface area is 229 Å². The van der Waals surface area contributed by atoms with Crippen molar-refractivity contribution < 1.29 is 9.47 Å². The van der Waals surface area contributed by atoms with Crippen LogP contribution in [-0.2, 0) is 9.47 Å². The normalized spacial score (nSPS) is 17.4. The predicted octanol–water partition coefficient (Wildman–Crippen LogP) is 3.99. The number of rotatable bonds is 13. The highest BCUT2D eigenvalue weighted by Gasteiger charge is 2.24. The van der Waals surface area contributed by atoms with Gasteiger partial charge in [0.2, 0.25) is 0 Å². The first kappa shape index (κ1) is 27.1. The zero-order valence-electron chi connectivity index (χ0n) is 22.8. The lowest BCUT2D eigenvalue weighted by Gasteiger charge is -2.30. The maximum atomic E-state index is 8.03. The van der Waals surface area contributed by atoms with E-state index in [-0.39, 0.29) is 6.10 Å². The molecular formula is C29H38N8O2. The van der Waals surface area contributed by atoms with Crippen molar-refractivity contribution in [1.29, 1.82) is 5.41 Å². The third-order valence-corrected chi connectivity index (χ3v) is 7.06. The monoisotopic (exact) mass is 530 g/mol. The van der Waals surface area contributed by atoms with Crippen molar-refractivity contribution in [2.24, 2.45) is 5.92 Å². The Balaban J connectivity index is 1.26. The summed E-state index contributed by atoms with van der Waals surface area (Å²) >= 11 is 0. The van der Waals surface area contributed by atoms with E-state index < -0.39 is 0 Å². The summed E-state index contributed by atoms with van der Waals surface area (Å²) in [6.07, 6.45) is 9.39. The molecule has 1 unspecified atom stereocenters. The highest BCUT2D eigenvalue weighted by molar-refractivity contribution is 6.08. The van der Waals surface area contributed by atoms with Crippen LogP contribution in [0, 0.1) is 11.3 Å². The van der Waals surface area contributed by atoms with Gasteiger partial charge in [-0.25, -0.2) is 4.98 Å². The number of nitrogens with one attached hydrogen (secondary N) is 3. The second kappa shape index (κ2) is 13.1. The number of morpholine rings is 1. The number of anilines is 2. The van der Waals surface area contributed by atoms with E-state index in [1.165, 1.54) is 19.1 Å². The summed E-state index contributed by atoms with van der Waals surface area (Å²) in [5, 5.41) is 23.0. The number of hydrogen-bond donors (Lipinski definition) is 3. The van der Waals surface area contributed by atoms with Crippen LogP contribution in [0.25, 0.3) is 16.6 Å². The molecule has 1 atom stereocenters. The SMILES string of the molecule is CC(C)c1cnnc(Nc2ccc3ncc(/C(C=N)=C/NCC(CN4CCOCC4)OCC4CC4)cc3n2)c1. The third kappa shape index (κ3) is 7.78. The van der Waals surface area contributed by atoms with Crippen LogP contribution in [0.5, 0.6) is 0 Å². The zero-order valence-corrected chi connectivity index (χ0v) is 22.8. The number of allylic oxidation sites excluding steroid dienone is 1. The molecule has 0 radical (unpaired) electrons. The Morgan fingerprint density at radius 2 is 2.00 bits per heavy atom. The number of hydrogen-bond acceptors (Lipinski definition) is 10. The van der Waals surface area contributed by atoms with E-state index in [1.54, 1.807) is 12.4 Å². The number of ether oxygens (including phenoxy) is 2. The smallest absolute Gasteiger partial charge is 0.154 e. The van der Waals surface area contributed by atoms with Gasteiger partial charge in [-0.1, -0.05) is 13.8 Å². The van der Waals surface area contributed by atoms with Gasteiger partial charge in [-0.2, -0.15) is 5.10 Å². The Bertz CT molecular complexity index is 1290. The number of aromatic nitrogens is 4. The molecular weight excluding hydrogens is 492 g/mol. The summed E-state index contributed by atoms with van der Waals surface area (Å²) in [5.41, 5.74) is 4.17. The van der Waals surface area contributed by atoms with Gasteiger partial charge < -0.3 is 25.5 Å². The van der Waals surface area contributed by atoms with Crippen LogP contribution in [0.1, 0.15) is 43.7 Å². The third-order valence-electron chi connectivity index (χ3n) is 7.06. The van der Waals surface area contributed by atoms with Crippen molar-refractivity contribution in [2.45, 2.75) is 38.7 Å². The molecule has 3 aromatic rings. The van der Waals surface area contributed by atoms with Crippen molar-refractivity contribution in [3.05, 3.63) is 54.0 Å². The molecule has 0 spiro atoms. The van der Waals surface area contributed by atoms with E-state index in [1.807, 2.05) is 30.5 Å². The van der Waals surface area contributed by atoms with Crippen LogP contribution < -0.4 is 10.6 Å². The van der Waals surface area contributed by atoms with E-state index >= 15 is 0 Å². The standard InChI is InChI=1S/C29H38N8O2/c1-20(2)22-12-29(36-33-16-22)35-28-6-5-26-27(34-28)11-23(15-32-26)24(13-30)14-31-17-25(39-19-21-3-4-21)18-37-7-9-38-10-8-37/h5-6,11-16,20-21,25,30-31H,3-4,7-10,17-19H2,1-2H3,(H,34,35,36)/b24-14+,30-13?. The molecule has 39 heavy (non-hydrogen) atoms. The molecule has 4 heterocycles. The molecule has 2 fully saturated rings. The van der Waals surface area contributed by atoms with Gasteiger partial charge in [0.05, 0.1) is 36.5 Å². The molecule has 5 rings (SSSR count). The molecule has 10 nitrogen and oxygen atoms in total.